The lowest BCUT2D eigenvalue weighted by Gasteiger charge is -2.08. The van der Waals surface area contributed by atoms with Gasteiger partial charge < -0.3 is 10.3 Å². The second-order valence-corrected chi connectivity index (χ2v) is 5.85. The monoisotopic (exact) mass is 347 g/mol. The van der Waals surface area contributed by atoms with Crippen LogP contribution in [0.4, 0.5) is 20.3 Å². The van der Waals surface area contributed by atoms with Crippen molar-refractivity contribution in [3.63, 3.8) is 0 Å². The number of anilines is 2. The molecule has 1 aromatic carbocycles. The van der Waals surface area contributed by atoms with E-state index in [0.29, 0.717) is 17.2 Å². The quantitative estimate of drug-likeness (QED) is 0.467. The van der Waals surface area contributed by atoms with Crippen LogP contribution in [-0.4, -0.2) is 19.9 Å². The fourth-order valence-electron chi connectivity index (χ4n) is 3.13. The molecular formula is C19H11F2N5. The highest BCUT2D eigenvalue weighted by Gasteiger charge is 2.25. The SMILES string of the molecule is Fc1cccc(F)c1-c1nc2c([nH]1)-c1cccnc1Nc1ccncc1-2. The molecule has 0 saturated heterocycles. The summed E-state index contributed by atoms with van der Waals surface area (Å²) in [5.41, 5.74) is 3.25. The first-order valence-electron chi connectivity index (χ1n) is 7.93. The first kappa shape index (κ1) is 14.7. The number of fused-ring (bicyclic) bond motifs is 5. The number of H-pyrrole nitrogens is 1. The van der Waals surface area contributed by atoms with Gasteiger partial charge in [0.2, 0.25) is 0 Å². The van der Waals surface area contributed by atoms with Crippen molar-refractivity contribution in [3.05, 3.63) is 66.6 Å². The van der Waals surface area contributed by atoms with E-state index in [0.717, 1.165) is 16.8 Å². The Labute approximate surface area is 146 Å². The number of aromatic nitrogens is 4. The van der Waals surface area contributed by atoms with Crippen LogP contribution in [0, 0.1) is 11.6 Å². The molecule has 0 fully saturated rings. The molecular weight excluding hydrogens is 336 g/mol. The van der Waals surface area contributed by atoms with Crippen molar-refractivity contribution in [2.45, 2.75) is 0 Å². The van der Waals surface area contributed by atoms with E-state index in [-0.39, 0.29) is 11.4 Å². The van der Waals surface area contributed by atoms with E-state index < -0.39 is 11.6 Å². The smallest absolute Gasteiger partial charge is 0.144 e. The van der Waals surface area contributed by atoms with Crippen LogP contribution in [0.5, 0.6) is 0 Å². The molecule has 5 nitrogen and oxygen atoms in total. The van der Waals surface area contributed by atoms with E-state index in [1.807, 2.05) is 6.07 Å². The maximum Gasteiger partial charge on any atom is 0.144 e. The van der Waals surface area contributed by atoms with Gasteiger partial charge in [-0.25, -0.2) is 18.7 Å². The van der Waals surface area contributed by atoms with Gasteiger partial charge in [0, 0.05) is 29.7 Å². The minimum atomic E-state index is -0.676. The molecule has 126 valence electrons. The van der Waals surface area contributed by atoms with Crippen molar-refractivity contribution in [1.29, 1.82) is 0 Å². The van der Waals surface area contributed by atoms with Gasteiger partial charge >= 0.3 is 0 Å². The zero-order valence-corrected chi connectivity index (χ0v) is 13.3. The van der Waals surface area contributed by atoms with Crippen LogP contribution in [0.3, 0.4) is 0 Å². The summed E-state index contributed by atoms with van der Waals surface area (Å²) in [4.78, 5) is 16.1. The maximum absolute atomic E-state index is 14.2. The third kappa shape index (κ3) is 2.10. The zero-order chi connectivity index (χ0) is 17.7. The number of halogens is 2. The number of aromatic amines is 1. The number of hydrogen-bond donors (Lipinski definition) is 2. The van der Waals surface area contributed by atoms with E-state index in [9.17, 15) is 8.78 Å². The topological polar surface area (TPSA) is 66.5 Å². The number of rotatable bonds is 1. The molecule has 0 amide bonds. The third-order valence-corrected chi connectivity index (χ3v) is 4.31. The molecule has 0 aliphatic carbocycles. The largest absolute Gasteiger partial charge is 0.339 e. The van der Waals surface area contributed by atoms with Gasteiger partial charge in [-0.2, -0.15) is 0 Å². The van der Waals surface area contributed by atoms with E-state index in [1.165, 1.54) is 18.2 Å². The number of hydrogen-bond acceptors (Lipinski definition) is 4. The summed E-state index contributed by atoms with van der Waals surface area (Å²) in [6.07, 6.45) is 4.99. The average Bonchev–Trinajstić information content (AvgIpc) is 3.02. The van der Waals surface area contributed by atoms with Gasteiger partial charge in [-0.1, -0.05) is 6.07 Å². The number of nitrogens with zero attached hydrogens (tertiary/aromatic N) is 3. The Kier molecular flexibility index (Phi) is 3.08. The molecule has 7 heteroatoms. The molecule has 1 aliphatic rings. The number of imidazole rings is 1. The fourth-order valence-corrected chi connectivity index (χ4v) is 3.13. The van der Waals surface area contributed by atoms with Crippen molar-refractivity contribution < 1.29 is 8.78 Å². The van der Waals surface area contributed by atoms with Crippen molar-refractivity contribution >= 4 is 11.5 Å². The molecule has 4 aromatic rings. The van der Waals surface area contributed by atoms with Crippen LogP contribution in [-0.2, 0) is 0 Å². The zero-order valence-electron chi connectivity index (χ0n) is 13.3. The molecule has 0 spiro atoms. The second-order valence-electron chi connectivity index (χ2n) is 5.85. The van der Waals surface area contributed by atoms with E-state index >= 15 is 0 Å². The fraction of sp³-hybridized carbons (Fsp3) is 0. The number of pyridine rings is 2. The highest BCUT2D eigenvalue weighted by atomic mass is 19.1. The minimum absolute atomic E-state index is 0.122. The Bertz CT molecular complexity index is 1070. The molecule has 5 rings (SSSR count). The van der Waals surface area contributed by atoms with E-state index in [1.54, 1.807) is 30.7 Å². The lowest BCUT2D eigenvalue weighted by atomic mass is 10.1. The van der Waals surface area contributed by atoms with Gasteiger partial charge in [0.25, 0.3) is 0 Å². The summed E-state index contributed by atoms with van der Waals surface area (Å²) < 4.78 is 28.5. The summed E-state index contributed by atoms with van der Waals surface area (Å²) in [7, 11) is 0. The normalized spacial score (nSPS) is 11.8. The summed E-state index contributed by atoms with van der Waals surface area (Å²) in [5, 5.41) is 3.26. The number of nitrogens with one attached hydrogen (secondary N) is 2. The average molecular weight is 347 g/mol. The van der Waals surface area contributed by atoms with Crippen molar-refractivity contribution in [3.8, 4) is 33.9 Å². The number of benzene rings is 1. The predicted octanol–water partition coefficient (Wildman–Crippen LogP) is 4.54. The highest BCUT2D eigenvalue weighted by molar-refractivity contribution is 5.95. The molecule has 3 aromatic heterocycles. The molecule has 26 heavy (non-hydrogen) atoms. The Morgan fingerprint density at radius 2 is 1.73 bits per heavy atom. The van der Waals surface area contributed by atoms with E-state index in [4.69, 9.17) is 0 Å². The molecule has 0 saturated carbocycles. The van der Waals surface area contributed by atoms with Crippen LogP contribution >= 0.6 is 0 Å². The van der Waals surface area contributed by atoms with Gasteiger partial charge in [-0.15, -0.1) is 0 Å². The molecule has 0 radical (unpaired) electrons. The second kappa shape index (κ2) is 5.45. The molecule has 0 unspecified atom stereocenters. The van der Waals surface area contributed by atoms with Gasteiger partial charge in [0.05, 0.1) is 16.9 Å². The lowest BCUT2D eigenvalue weighted by molar-refractivity contribution is 0.588. The summed E-state index contributed by atoms with van der Waals surface area (Å²) in [6, 6.07) is 9.21. The maximum atomic E-state index is 14.2. The summed E-state index contributed by atoms with van der Waals surface area (Å²) in [5.74, 6) is -0.602. The van der Waals surface area contributed by atoms with E-state index in [2.05, 4.69) is 25.3 Å². The predicted molar refractivity (Wildman–Crippen MR) is 93.7 cm³/mol. The highest BCUT2D eigenvalue weighted by Crippen LogP contribution is 2.43. The standard InChI is InChI=1S/C19H11F2N5/c20-12-4-1-5-13(21)15(12)19-25-16-10-3-2-7-23-18(10)24-14-6-8-22-9-11(14)17(16)26-19/h1-9H,(H,23,24)(H,25,26). The lowest BCUT2D eigenvalue weighted by Crippen LogP contribution is -1.96. The van der Waals surface area contributed by atoms with Crippen LogP contribution in [0.15, 0.2) is 55.0 Å². The van der Waals surface area contributed by atoms with Gasteiger partial charge in [0.15, 0.2) is 0 Å². The Balaban J connectivity index is 1.84. The summed E-state index contributed by atoms with van der Waals surface area (Å²) >= 11 is 0. The first-order valence-corrected chi connectivity index (χ1v) is 7.93. The van der Waals surface area contributed by atoms with Crippen LogP contribution in [0.2, 0.25) is 0 Å². The molecule has 2 N–H and O–H groups in total. The Morgan fingerprint density at radius 1 is 0.885 bits per heavy atom. The van der Waals surface area contributed by atoms with Crippen LogP contribution in [0.25, 0.3) is 33.9 Å². The molecule has 0 bridgehead atoms. The van der Waals surface area contributed by atoms with Crippen LogP contribution in [0.1, 0.15) is 0 Å². The molecule has 0 atom stereocenters. The Hall–Kier alpha value is -3.61. The third-order valence-electron chi connectivity index (χ3n) is 4.31. The minimum Gasteiger partial charge on any atom is -0.339 e. The molecule has 1 aliphatic heterocycles. The van der Waals surface area contributed by atoms with Gasteiger partial charge in [-0.3, -0.25) is 4.98 Å². The molecule has 4 heterocycles. The van der Waals surface area contributed by atoms with Crippen molar-refractivity contribution in [2.24, 2.45) is 0 Å². The first-order chi connectivity index (χ1) is 12.7. The summed E-state index contributed by atoms with van der Waals surface area (Å²) in [6.45, 7) is 0. The van der Waals surface area contributed by atoms with Crippen molar-refractivity contribution in [1.82, 2.24) is 19.9 Å². The van der Waals surface area contributed by atoms with Crippen LogP contribution < -0.4 is 5.32 Å². The van der Waals surface area contributed by atoms with Crippen molar-refractivity contribution in [2.75, 3.05) is 5.32 Å². The van der Waals surface area contributed by atoms with Gasteiger partial charge in [-0.05, 0) is 30.3 Å². The Morgan fingerprint density at radius 3 is 2.58 bits per heavy atom. The van der Waals surface area contributed by atoms with Gasteiger partial charge in [0.1, 0.15) is 29.0 Å².